The van der Waals surface area contributed by atoms with Crippen LogP contribution in [0.3, 0.4) is 0 Å². The number of phenols is 1. The van der Waals surface area contributed by atoms with Crippen molar-refractivity contribution in [3.8, 4) is 11.5 Å². The minimum atomic E-state index is -0.217. The smallest absolute Gasteiger partial charge is 0.282 e. The minimum absolute atomic E-state index is 0.143. The quantitative estimate of drug-likeness (QED) is 0.620. The van der Waals surface area contributed by atoms with Crippen LogP contribution in [0.4, 0.5) is 5.69 Å². The molecule has 0 fully saturated rings. The molecule has 0 radical (unpaired) electrons. The van der Waals surface area contributed by atoms with E-state index >= 15 is 0 Å². The Balaban J connectivity index is 1.75. The molecule has 1 heterocycles. The Morgan fingerprint density at radius 3 is 2.27 bits per heavy atom. The van der Waals surface area contributed by atoms with Gasteiger partial charge in [0.2, 0.25) is 0 Å². The Kier molecular flexibility index (Phi) is 5.35. The van der Waals surface area contributed by atoms with Gasteiger partial charge in [0, 0.05) is 5.56 Å². The molecule has 3 aromatic rings. The van der Waals surface area contributed by atoms with E-state index in [9.17, 15) is 9.90 Å². The highest BCUT2D eigenvalue weighted by Gasteiger charge is 2.32. The van der Waals surface area contributed by atoms with E-state index in [4.69, 9.17) is 4.74 Å². The van der Waals surface area contributed by atoms with Crippen LogP contribution in [0.1, 0.15) is 23.6 Å². The molecular formula is C25H22N2O3. The maximum absolute atomic E-state index is 13.3. The van der Waals surface area contributed by atoms with E-state index in [1.807, 2.05) is 62.4 Å². The lowest BCUT2D eigenvalue weighted by molar-refractivity contribution is -0.113. The molecule has 5 nitrogen and oxygen atoms in total. The predicted molar refractivity (Wildman–Crippen MR) is 119 cm³/mol. The van der Waals surface area contributed by atoms with E-state index in [1.165, 1.54) is 0 Å². The second-order valence-corrected chi connectivity index (χ2v) is 6.99. The van der Waals surface area contributed by atoms with Crippen molar-refractivity contribution in [1.29, 1.82) is 0 Å². The summed E-state index contributed by atoms with van der Waals surface area (Å²) in [6, 6.07) is 22.0. The minimum Gasteiger partial charge on any atom is -0.508 e. The maximum atomic E-state index is 13.3. The molecule has 0 atom stereocenters. The number of carbonyl (C=O) groups is 1. The number of benzene rings is 3. The summed E-state index contributed by atoms with van der Waals surface area (Å²) in [5.74, 6) is 1.27. The highest BCUT2D eigenvalue weighted by Crippen LogP contribution is 2.29. The van der Waals surface area contributed by atoms with Gasteiger partial charge in [-0.15, -0.1) is 0 Å². The van der Waals surface area contributed by atoms with Crippen molar-refractivity contribution < 1.29 is 14.6 Å². The average Bonchev–Trinajstić information content (AvgIpc) is 3.07. The van der Waals surface area contributed by atoms with Gasteiger partial charge in [0.15, 0.2) is 0 Å². The number of rotatable bonds is 5. The maximum Gasteiger partial charge on any atom is 0.282 e. The molecule has 0 aromatic heterocycles. The Hall–Kier alpha value is -3.86. The highest BCUT2D eigenvalue weighted by molar-refractivity contribution is 6.33. The van der Waals surface area contributed by atoms with Gasteiger partial charge in [-0.1, -0.05) is 42.0 Å². The molecule has 0 bridgehead atoms. The lowest BCUT2D eigenvalue weighted by Gasteiger charge is -2.18. The van der Waals surface area contributed by atoms with Crippen molar-refractivity contribution >= 4 is 23.5 Å². The molecule has 1 amide bonds. The van der Waals surface area contributed by atoms with Crippen LogP contribution in [-0.2, 0) is 4.79 Å². The number of carbonyl (C=O) groups excluding carboxylic acids is 1. The number of aliphatic imine (C=N–C) groups is 1. The summed E-state index contributed by atoms with van der Waals surface area (Å²) in [5, 5.41) is 9.63. The number of amides is 1. The van der Waals surface area contributed by atoms with Crippen LogP contribution < -0.4 is 9.64 Å². The molecule has 1 aliphatic rings. The Bertz CT molecular complexity index is 1110. The third-order valence-corrected chi connectivity index (χ3v) is 4.77. The molecule has 1 aliphatic heterocycles. The van der Waals surface area contributed by atoms with Crippen molar-refractivity contribution in [2.45, 2.75) is 13.8 Å². The van der Waals surface area contributed by atoms with E-state index in [0.717, 1.165) is 22.4 Å². The van der Waals surface area contributed by atoms with E-state index in [1.54, 1.807) is 35.2 Å². The number of aryl methyl sites for hydroxylation is 1. The number of nitrogens with zero attached hydrogens (tertiary/aromatic N) is 2. The Morgan fingerprint density at radius 1 is 0.967 bits per heavy atom. The van der Waals surface area contributed by atoms with Crippen LogP contribution in [0.15, 0.2) is 83.5 Å². The Morgan fingerprint density at radius 2 is 1.63 bits per heavy atom. The van der Waals surface area contributed by atoms with Gasteiger partial charge in [0.1, 0.15) is 23.0 Å². The van der Waals surface area contributed by atoms with Crippen LogP contribution in [0.2, 0.25) is 0 Å². The first kappa shape index (κ1) is 19.5. The lowest BCUT2D eigenvalue weighted by Crippen LogP contribution is -2.32. The van der Waals surface area contributed by atoms with E-state index in [-0.39, 0.29) is 11.7 Å². The van der Waals surface area contributed by atoms with Crippen LogP contribution in [-0.4, -0.2) is 23.5 Å². The van der Waals surface area contributed by atoms with Crippen LogP contribution in [0.25, 0.3) is 6.08 Å². The summed E-state index contributed by atoms with van der Waals surface area (Å²) in [6.45, 7) is 4.55. The number of phenolic OH excluding ortho intramolecular Hbond substituents is 1. The van der Waals surface area contributed by atoms with Gasteiger partial charge >= 0.3 is 0 Å². The van der Waals surface area contributed by atoms with Crippen molar-refractivity contribution in [3.05, 3.63) is 95.2 Å². The van der Waals surface area contributed by atoms with Gasteiger partial charge in [0.05, 0.1) is 12.3 Å². The first-order valence-corrected chi connectivity index (χ1v) is 9.79. The van der Waals surface area contributed by atoms with Gasteiger partial charge in [-0.05, 0) is 61.9 Å². The SMILES string of the molecule is CCOc1ccc(/C=C2/N=C(c3ccc(C)cc3)N(c3ccc(O)cc3)C2=O)cc1. The van der Waals surface area contributed by atoms with Crippen molar-refractivity contribution in [1.82, 2.24) is 0 Å². The number of ether oxygens (including phenoxy) is 1. The number of hydrogen-bond acceptors (Lipinski definition) is 4. The topological polar surface area (TPSA) is 62.1 Å². The zero-order valence-electron chi connectivity index (χ0n) is 16.9. The second-order valence-electron chi connectivity index (χ2n) is 6.99. The van der Waals surface area contributed by atoms with Gasteiger partial charge in [-0.2, -0.15) is 0 Å². The van der Waals surface area contributed by atoms with Crippen molar-refractivity contribution in [2.24, 2.45) is 4.99 Å². The van der Waals surface area contributed by atoms with E-state index in [2.05, 4.69) is 4.99 Å². The fourth-order valence-electron chi connectivity index (χ4n) is 3.24. The molecular weight excluding hydrogens is 376 g/mol. The number of amidine groups is 1. The molecule has 0 aliphatic carbocycles. The molecule has 5 heteroatoms. The molecule has 0 saturated carbocycles. The zero-order valence-corrected chi connectivity index (χ0v) is 16.9. The standard InChI is InChI=1S/C25H22N2O3/c1-3-30-22-14-6-18(7-15-22)16-23-25(29)27(20-10-12-21(28)13-11-20)24(26-23)19-8-4-17(2)5-9-19/h4-16,28H,3H2,1-2H3/b23-16+. The lowest BCUT2D eigenvalue weighted by atomic mass is 10.1. The van der Waals surface area contributed by atoms with Crippen molar-refractivity contribution in [2.75, 3.05) is 11.5 Å². The van der Waals surface area contributed by atoms with Gasteiger partial charge in [-0.25, -0.2) is 4.99 Å². The molecule has 1 N–H and O–H groups in total. The molecule has 3 aromatic carbocycles. The van der Waals surface area contributed by atoms with Gasteiger partial charge < -0.3 is 9.84 Å². The highest BCUT2D eigenvalue weighted by atomic mass is 16.5. The third-order valence-electron chi connectivity index (χ3n) is 4.77. The fourth-order valence-corrected chi connectivity index (χ4v) is 3.24. The summed E-state index contributed by atoms with van der Waals surface area (Å²) in [4.78, 5) is 19.5. The normalized spacial score (nSPS) is 14.9. The number of hydrogen-bond donors (Lipinski definition) is 1. The van der Waals surface area contributed by atoms with Crippen molar-refractivity contribution in [3.63, 3.8) is 0 Å². The number of anilines is 1. The Labute approximate surface area is 175 Å². The molecule has 0 saturated heterocycles. The van der Waals surface area contributed by atoms with Crippen LogP contribution in [0, 0.1) is 6.92 Å². The summed E-state index contributed by atoms with van der Waals surface area (Å²) >= 11 is 0. The summed E-state index contributed by atoms with van der Waals surface area (Å²) in [6.07, 6.45) is 1.77. The first-order valence-electron chi connectivity index (χ1n) is 9.79. The van der Waals surface area contributed by atoms with Crippen LogP contribution in [0.5, 0.6) is 11.5 Å². The zero-order chi connectivity index (χ0) is 21.1. The van der Waals surface area contributed by atoms with E-state index < -0.39 is 0 Å². The van der Waals surface area contributed by atoms with Gasteiger partial charge in [-0.3, -0.25) is 9.69 Å². The largest absolute Gasteiger partial charge is 0.508 e. The third kappa shape index (κ3) is 3.96. The average molecular weight is 398 g/mol. The predicted octanol–water partition coefficient (Wildman–Crippen LogP) is 4.93. The summed E-state index contributed by atoms with van der Waals surface area (Å²) < 4.78 is 5.48. The molecule has 150 valence electrons. The van der Waals surface area contributed by atoms with Crippen LogP contribution >= 0.6 is 0 Å². The molecule has 4 rings (SSSR count). The molecule has 0 unspecified atom stereocenters. The van der Waals surface area contributed by atoms with Gasteiger partial charge in [0.25, 0.3) is 5.91 Å². The first-order chi connectivity index (χ1) is 14.5. The van der Waals surface area contributed by atoms with E-state index in [0.29, 0.717) is 23.8 Å². The second kappa shape index (κ2) is 8.25. The summed E-state index contributed by atoms with van der Waals surface area (Å²) in [5.41, 5.74) is 3.83. The monoisotopic (exact) mass is 398 g/mol. The molecule has 30 heavy (non-hydrogen) atoms. The summed E-state index contributed by atoms with van der Waals surface area (Å²) in [7, 11) is 0. The number of aromatic hydroxyl groups is 1. The fraction of sp³-hybridized carbons (Fsp3) is 0.120. The molecule has 0 spiro atoms.